The fraction of sp³-hybridized carbons (Fsp3) is 0.923. The summed E-state index contributed by atoms with van der Waals surface area (Å²) in [6.45, 7) is 8.09. The van der Waals surface area contributed by atoms with Crippen LogP contribution in [0.5, 0.6) is 0 Å². The SMILES string of the molecule is CCCCOCCCN1CCC(=O)CC1C. The second-order valence-corrected chi connectivity index (χ2v) is 4.70. The smallest absolute Gasteiger partial charge is 0.135 e. The lowest BCUT2D eigenvalue weighted by Gasteiger charge is -2.32. The summed E-state index contributed by atoms with van der Waals surface area (Å²) in [6, 6.07) is 0.428. The summed E-state index contributed by atoms with van der Waals surface area (Å²) < 4.78 is 5.53. The first kappa shape index (κ1) is 13.7. The number of piperidine rings is 1. The third-order valence-electron chi connectivity index (χ3n) is 3.20. The molecule has 1 rings (SSSR count). The molecule has 0 aliphatic carbocycles. The summed E-state index contributed by atoms with van der Waals surface area (Å²) in [4.78, 5) is 13.6. The Morgan fingerprint density at radius 1 is 1.38 bits per heavy atom. The number of likely N-dealkylation sites (tertiary alicyclic amines) is 1. The molecule has 3 heteroatoms. The Labute approximate surface area is 99.1 Å². The molecule has 0 N–H and O–H groups in total. The van der Waals surface area contributed by atoms with E-state index in [-0.39, 0.29) is 0 Å². The fourth-order valence-corrected chi connectivity index (χ4v) is 2.10. The summed E-state index contributed by atoms with van der Waals surface area (Å²) in [6.07, 6.45) is 4.92. The van der Waals surface area contributed by atoms with Gasteiger partial charge in [-0.25, -0.2) is 0 Å². The Hall–Kier alpha value is -0.410. The number of carbonyl (C=O) groups excluding carboxylic acids is 1. The molecule has 0 radical (unpaired) electrons. The van der Waals surface area contributed by atoms with Gasteiger partial charge in [-0.2, -0.15) is 0 Å². The van der Waals surface area contributed by atoms with E-state index in [1.807, 2.05) is 0 Å². The number of rotatable bonds is 7. The van der Waals surface area contributed by atoms with Crippen molar-refractivity contribution in [1.82, 2.24) is 4.90 Å². The lowest BCUT2D eigenvalue weighted by Crippen LogP contribution is -2.41. The topological polar surface area (TPSA) is 29.5 Å². The molecule has 0 aromatic carbocycles. The van der Waals surface area contributed by atoms with E-state index in [0.717, 1.165) is 52.0 Å². The van der Waals surface area contributed by atoms with Gasteiger partial charge in [0.25, 0.3) is 0 Å². The lowest BCUT2D eigenvalue weighted by atomic mass is 10.0. The van der Waals surface area contributed by atoms with Gasteiger partial charge in [-0.05, 0) is 19.8 Å². The average Bonchev–Trinajstić information content (AvgIpc) is 2.26. The minimum absolute atomic E-state index is 0.419. The van der Waals surface area contributed by atoms with Crippen molar-refractivity contribution in [2.24, 2.45) is 0 Å². The molecule has 1 aliphatic rings. The molecule has 1 saturated heterocycles. The van der Waals surface area contributed by atoms with Gasteiger partial charge in [-0.15, -0.1) is 0 Å². The van der Waals surface area contributed by atoms with Crippen molar-refractivity contribution < 1.29 is 9.53 Å². The molecule has 0 aromatic heterocycles. The van der Waals surface area contributed by atoms with Gasteiger partial charge in [0, 0.05) is 45.2 Å². The summed E-state index contributed by atoms with van der Waals surface area (Å²) in [5.41, 5.74) is 0. The van der Waals surface area contributed by atoms with E-state index < -0.39 is 0 Å². The monoisotopic (exact) mass is 227 g/mol. The molecule has 1 heterocycles. The highest BCUT2D eigenvalue weighted by Gasteiger charge is 2.22. The number of hydrogen-bond acceptors (Lipinski definition) is 3. The molecule has 1 fully saturated rings. The average molecular weight is 227 g/mol. The van der Waals surface area contributed by atoms with Crippen molar-refractivity contribution in [3.8, 4) is 0 Å². The first-order valence-corrected chi connectivity index (χ1v) is 6.57. The van der Waals surface area contributed by atoms with Crippen LogP contribution < -0.4 is 0 Å². The fourth-order valence-electron chi connectivity index (χ4n) is 2.10. The van der Waals surface area contributed by atoms with Crippen LogP contribution in [0.2, 0.25) is 0 Å². The number of ether oxygens (including phenoxy) is 1. The number of Topliss-reactive ketones (excluding diaryl/α,β-unsaturated/α-hetero) is 1. The molecule has 1 aliphatic heterocycles. The maximum absolute atomic E-state index is 11.2. The molecule has 3 nitrogen and oxygen atoms in total. The molecule has 0 saturated carbocycles. The molecule has 0 bridgehead atoms. The normalized spacial score (nSPS) is 22.6. The number of hydrogen-bond donors (Lipinski definition) is 0. The first-order chi connectivity index (χ1) is 7.74. The summed E-state index contributed by atoms with van der Waals surface area (Å²) in [5.74, 6) is 0.419. The minimum atomic E-state index is 0.419. The highest BCUT2D eigenvalue weighted by atomic mass is 16.5. The Morgan fingerprint density at radius 2 is 2.12 bits per heavy atom. The van der Waals surface area contributed by atoms with Gasteiger partial charge < -0.3 is 4.74 Å². The summed E-state index contributed by atoms with van der Waals surface area (Å²) in [7, 11) is 0. The third kappa shape index (κ3) is 5.08. The minimum Gasteiger partial charge on any atom is -0.381 e. The number of nitrogens with zero attached hydrogens (tertiary/aromatic N) is 1. The van der Waals surface area contributed by atoms with Gasteiger partial charge in [0.05, 0.1) is 0 Å². The highest BCUT2D eigenvalue weighted by Crippen LogP contribution is 2.13. The van der Waals surface area contributed by atoms with Crippen molar-refractivity contribution in [1.29, 1.82) is 0 Å². The molecular weight excluding hydrogens is 202 g/mol. The number of carbonyl (C=O) groups is 1. The molecule has 94 valence electrons. The van der Waals surface area contributed by atoms with Crippen LogP contribution in [0.15, 0.2) is 0 Å². The van der Waals surface area contributed by atoms with Crippen molar-refractivity contribution >= 4 is 5.78 Å². The molecule has 1 unspecified atom stereocenters. The van der Waals surface area contributed by atoms with Crippen molar-refractivity contribution in [3.63, 3.8) is 0 Å². The largest absolute Gasteiger partial charge is 0.381 e. The van der Waals surface area contributed by atoms with Gasteiger partial charge in [0.1, 0.15) is 5.78 Å². The van der Waals surface area contributed by atoms with Crippen molar-refractivity contribution in [2.45, 2.75) is 52.0 Å². The molecule has 0 spiro atoms. The quantitative estimate of drug-likeness (QED) is 0.625. The predicted octanol–water partition coefficient (Wildman–Crippen LogP) is 2.25. The second kappa shape index (κ2) is 7.80. The standard InChI is InChI=1S/C13H25NO2/c1-3-4-9-16-10-5-7-14-8-6-13(15)11-12(14)2/h12H,3-11H2,1-2H3. The van der Waals surface area contributed by atoms with Crippen LogP contribution in [-0.4, -0.2) is 43.0 Å². The van der Waals surface area contributed by atoms with Gasteiger partial charge in [-0.1, -0.05) is 13.3 Å². The van der Waals surface area contributed by atoms with Crippen LogP contribution in [0, 0.1) is 0 Å². The Kier molecular flexibility index (Phi) is 6.65. The van der Waals surface area contributed by atoms with Crippen molar-refractivity contribution in [2.75, 3.05) is 26.3 Å². The van der Waals surface area contributed by atoms with E-state index in [4.69, 9.17) is 4.74 Å². The Morgan fingerprint density at radius 3 is 2.81 bits per heavy atom. The molecule has 16 heavy (non-hydrogen) atoms. The van der Waals surface area contributed by atoms with Gasteiger partial charge in [0.15, 0.2) is 0 Å². The maximum Gasteiger partial charge on any atom is 0.135 e. The van der Waals surface area contributed by atoms with Crippen LogP contribution in [0.3, 0.4) is 0 Å². The molecular formula is C13H25NO2. The van der Waals surface area contributed by atoms with E-state index in [1.165, 1.54) is 6.42 Å². The van der Waals surface area contributed by atoms with E-state index in [0.29, 0.717) is 11.8 Å². The third-order valence-corrected chi connectivity index (χ3v) is 3.20. The predicted molar refractivity (Wildman–Crippen MR) is 65.6 cm³/mol. The zero-order valence-electron chi connectivity index (χ0n) is 10.7. The second-order valence-electron chi connectivity index (χ2n) is 4.70. The van der Waals surface area contributed by atoms with Gasteiger partial charge >= 0.3 is 0 Å². The molecule has 0 amide bonds. The zero-order valence-corrected chi connectivity index (χ0v) is 10.7. The van der Waals surface area contributed by atoms with Crippen molar-refractivity contribution in [3.05, 3.63) is 0 Å². The van der Waals surface area contributed by atoms with Gasteiger partial charge in [0.2, 0.25) is 0 Å². The zero-order chi connectivity index (χ0) is 11.8. The van der Waals surface area contributed by atoms with Crippen LogP contribution in [0.25, 0.3) is 0 Å². The Bertz CT molecular complexity index is 206. The molecule has 1 atom stereocenters. The summed E-state index contributed by atoms with van der Waals surface area (Å²) >= 11 is 0. The van der Waals surface area contributed by atoms with E-state index in [2.05, 4.69) is 18.7 Å². The lowest BCUT2D eigenvalue weighted by molar-refractivity contribution is -0.122. The molecule has 0 aromatic rings. The highest BCUT2D eigenvalue weighted by molar-refractivity contribution is 5.79. The van der Waals surface area contributed by atoms with E-state index in [9.17, 15) is 4.79 Å². The van der Waals surface area contributed by atoms with Crippen LogP contribution >= 0.6 is 0 Å². The number of unbranched alkanes of at least 4 members (excludes halogenated alkanes) is 1. The van der Waals surface area contributed by atoms with Crippen LogP contribution in [-0.2, 0) is 9.53 Å². The van der Waals surface area contributed by atoms with E-state index >= 15 is 0 Å². The van der Waals surface area contributed by atoms with Crippen LogP contribution in [0.4, 0.5) is 0 Å². The maximum atomic E-state index is 11.2. The van der Waals surface area contributed by atoms with E-state index in [1.54, 1.807) is 0 Å². The first-order valence-electron chi connectivity index (χ1n) is 6.57. The van der Waals surface area contributed by atoms with Gasteiger partial charge in [-0.3, -0.25) is 9.69 Å². The summed E-state index contributed by atoms with van der Waals surface area (Å²) in [5, 5.41) is 0. The number of ketones is 1. The van der Waals surface area contributed by atoms with Crippen LogP contribution in [0.1, 0.15) is 46.0 Å². The Balaban J connectivity index is 2.02.